The van der Waals surface area contributed by atoms with E-state index in [1.54, 1.807) is 43.5 Å². The number of benzene rings is 1. The molecular formula is C29H40N4O5. The Hall–Kier alpha value is -3.01. The molecule has 0 unspecified atom stereocenters. The number of aromatic nitrogens is 1. The van der Waals surface area contributed by atoms with Gasteiger partial charge in [-0.3, -0.25) is 19.5 Å². The molecule has 0 aliphatic carbocycles. The number of rotatable bonds is 5. The molecule has 9 heteroatoms. The number of anilines is 1. The Balaban J connectivity index is 1.59. The smallest absolute Gasteiger partial charge is 0.257 e. The van der Waals surface area contributed by atoms with Crippen molar-refractivity contribution in [2.45, 2.75) is 45.4 Å². The van der Waals surface area contributed by atoms with Gasteiger partial charge >= 0.3 is 0 Å². The van der Waals surface area contributed by atoms with Crippen LogP contribution in [0.15, 0.2) is 42.7 Å². The van der Waals surface area contributed by atoms with Gasteiger partial charge in [-0.15, -0.1) is 0 Å². The summed E-state index contributed by atoms with van der Waals surface area (Å²) >= 11 is 0. The molecular weight excluding hydrogens is 484 g/mol. The number of nitrogens with zero attached hydrogens (tertiary/aromatic N) is 3. The van der Waals surface area contributed by atoms with Crippen LogP contribution in [-0.2, 0) is 20.8 Å². The number of nitrogens with one attached hydrogen (secondary N) is 1. The Kier molecular flexibility index (Phi) is 9.71. The van der Waals surface area contributed by atoms with Gasteiger partial charge in [-0.1, -0.05) is 13.0 Å². The lowest BCUT2D eigenvalue weighted by Gasteiger charge is -2.36. The lowest BCUT2D eigenvalue weighted by Crippen LogP contribution is -2.46. The minimum Gasteiger partial charge on any atom is -0.491 e. The molecule has 206 valence electrons. The first-order valence-corrected chi connectivity index (χ1v) is 13.4. The summed E-state index contributed by atoms with van der Waals surface area (Å²) in [5.74, 6) is 0.364. The summed E-state index contributed by atoms with van der Waals surface area (Å²) < 4.78 is 17.5. The van der Waals surface area contributed by atoms with Gasteiger partial charge in [-0.25, -0.2) is 0 Å². The zero-order valence-corrected chi connectivity index (χ0v) is 22.9. The molecule has 3 heterocycles. The molecule has 4 rings (SSSR count). The molecule has 38 heavy (non-hydrogen) atoms. The van der Waals surface area contributed by atoms with Crippen molar-refractivity contribution in [2.75, 3.05) is 52.4 Å². The molecule has 0 spiro atoms. The van der Waals surface area contributed by atoms with Crippen LogP contribution >= 0.6 is 0 Å². The Morgan fingerprint density at radius 3 is 2.68 bits per heavy atom. The van der Waals surface area contributed by atoms with Crippen LogP contribution in [0.1, 0.15) is 42.6 Å². The van der Waals surface area contributed by atoms with Crippen LogP contribution in [0.5, 0.6) is 5.75 Å². The summed E-state index contributed by atoms with van der Waals surface area (Å²) in [6.07, 6.45) is 4.92. The number of likely N-dealkylation sites (N-methyl/N-ethyl adjacent to an activating group) is 1. The Labute approximate surface area is 225 Å². The fourth-order valence-electron chi connectivity index (χ4n) is 5.08. The number of carbonyl (C=O) groups is 2. The molecule has 0 bridgehead atoms. The summed E-state index contributed by atoms with van der Waals surface area (Å²) in [6.45, 7) is 7.82. The molecule has 2 aliphatic rings. The van der Waals surface area contributed by atoms with Gasteiger partial charge in [0, 0.05) is 77.0 Å². The van der Waals surface area contributed by atoms with E-state index in [1.807, 2.05) is 12.3 Å². The molecule has 0 saturated carbocycles. The lowest BCUT2D eigenvalue weighted by atomic mass is 9.99. The monoisotopic (exact) mass is 524 g/mol. The van der Waals surface area contributed by atoms with Crippen molar-refractivity contribution >= 4 is 17.5 Å². The highest BCUT2D eigenvalue weighted by Crippen LogP contribution is 2.27. The van der Waals surface area contributed by atoms with Gasteiger partial charge < -0.3 is 24.4 Å². The average Bonchev–Trinajstić information content (AvgIpc) is 2.94. The fraction of sp³-hybridized carbons (Fsp3) is 0.552. The second-order valence-corrected chi connectivity index (χ2v) is 10.5. The van der Waals surface area contributed by atoms with E-state index in [1.165, 1.54) is 0 Å². The highest BCUT2D eigenvalue weighted by molar-refractivity contribution is 5.99. The first-order chi connectivity index (χ1) is 18.4. The lowest BCUT2D eigenvalue weighted by molar-refractivity contribution is -0.122. The maximum absolute atomic E-state index is 13.6. The number of methoxy groups -OCH3 is 1. The fourth-order valence-corrected chi connectivity index (χ4v) is 5.08. The molecule has 3 atom stereocenters. The molecule has 9 nitrogen and oxygen atoms in total. The standard InChI is InChI=1S/C29H40N4O5/c1-20-16-33(17-22-6-5-11-30-15-22)21(2)19-38-26-8-7-24(31-28(34)23-9-12-37-13-10-23)14-25(26)29(35)32(3)18-27(20)36-4/h5-8,11,14-15,20-21,23,27H,9-10,12-13,16-19H2,1-4H3,(H,31,34)/t20-,21-,27+/m0/s1. The van der Waals surface area contributed by atoms with Crippen molar-refractivity contribution in [3.05, 3.63) is 53.9 Å². The van der Waals surface area contributed by atoms with Crippen LogP contribution in [-0.4, -0.2) is 85.8 Å². The van der Waals surface area contributed by atoms with Crippen LogP contribution in [0.3, 0.4) is 0 Å². The van der Waals surface area contributed by atoms with E-state index in [9.17, 15) is 9.59 Å². The van der Waals surface area contributed by atoms with Crippen molar-refractivity contribution in [2.24, 2.45) is 11.8 Å². The zero-order valence-electron chi connectivity index (χ0n) is 22.9. The van der Waals surface area contributed by atoms with E-state index in [-0.39, 0.29) is 35.8 Å². The molecule has 2 aliphatic heterocycles. The number of pyridine rings is 1. The van der Waals surface area contributed by atoms with Gasteiger partial charge in [0.05, 0.1) is 11.7 Å². The summed E-state index contributed by atoms with van der Waals surface area (Å²) in [5.41, 5.74) is 2.14. The second kappa shape index (κ2) is 13.2. The molecule has 2 aromatic rings. The molecule has 1 N–H and O–H groups in total. The molecule has 1 aromatic carbocycles. The summed E-state index contributed by atoms with van der Waals surface area (Å²) in [5, 5.41) is 2.99. The quantitative estimate of drug-likeness (QED) is 0.640. The minimum absolute atomic E-state index is 0.0453. The number of hydrogen-bond donors (Lipinski definition) is 1. The summed E-state index contributed by atoms with van der Waals surface area (Å²) in [6, 6.07) is 9.40. The molecule has 0 radical (unpaired) electrons. The molecule has 1 aromatic heterocycles. The largest absolute Gasteiger partial charge is 0.491 e. The predicted octanol–water partition coefficient (Wildman–Crippen LogP) is 3.45. The Bertz CT molecular complexity index is 1080. The van der Waals surface area contributed by atoms with Crippen LogP contribution in [0.25, 0.3) is 0 Å². The first-order valence-electron chi connectivity index (χ1n) is 13.4. The third kappa shape index (κ3) is 7.09. The number of carbonyl (C=O) groups excluding carboxylic acids is 2. The third-order valence-corrected chi connectivity index (χ3v) is 7.54. The van der Waals surface area contributed by atoms with Crippen molar-refractivity contribution in [3.8, 4) is 5.75 Å². The van der Waals surface area contributed by atoms with E-state index in [0.717, 1.165) is 18.7 Å². The van der Waals surface area contributed by atoms with Crippen LogP contribution < -0.4 is 10.1 Å². The van der Waals surface area contributed by atoms with Gasteiger partial charge in [0.1, 0.15) is 12.4 Å². The topological polar surface area (TPSA) is 93.2 Å². The van der Waals surface area contributed by atoms with Gasteiger partial charge in [0.15, 0.2) is 0 Å². The average molecular weight is 525 g/mol. The first kappa shape index (κ1) is 28.0. The highest BCUT2D eigenvalue weighted by Gasteiger charge is 2.29. The maximum atomic E-state index is 13.6. The van der Waals surface area contributed by atoms with E-state index in [0.29, 0.717) is 56.2 Å². The Morgan fingerprint density at radius 2 is 1.97 bits per heavy atom. The maximum Gasteiger partial charge on any atom is 0.257 e. The van der Waals surface area contributed by atoms with Crippen LogP contribution in [0.2, 0.25) is 0 Å². The minimum atomic E-state index is -0.170. The van der Waals surface area contributed by atoms with Crippen molar-refractivity contribution in [3.63, 3.8) is 0 Å². The normalized spacial score (nSPS) is 24.1. The van der Waals surface area contributed by atoms with Gasteiger partial charge in [0.2, 0.25) is 5.91 Å². The SMILES string of the molecule is CO[C@@H]1CN(C)C(=O)c2cc(NC(=O)C3CCOCC3)ccc2OC[C@H](C)N(Cc2cccnc2)C[C@@H]1C. The second-order valence-electron chi connectivity index (χ2n) is 10.5. The molecule has 1 saturated heterocycles. The predicted molar refractivity (Wildman–Crippen MR) is 145 cm³/mol. The van der Waals surface area contributed by atoms with Crippen LogP contribution in [0.4, 0.5) is 5.69 Å². The number of fused-ring (bicyclic) bond motifs is 1. The molecule has 2 amide bonds. The van der Waals surface area contributed by atoms with Crippen molar-refractivity contribution < 1.29 is 23.8 Å². The third-order valence-electron chi connectivity index (χ3n) is 7.54. The summed E-state index contributed by atoms with van der Waals surface area (Å²) in [7, 11) is 3.47. The van der Waals surface area contributed by atoms with E-state index in [4.69, 9.17) is 14.2 Å². The van der Waals surface area contributed by atoms with Gasteiger partial charge in [-0.2, -0.15) is 0 Å². The van der Waals surface area contributed by atoms with E-state index in [2.05, 4.69) is 35.1 Å². The van der Waals surface area contributed by atoms with Gasteiger partial charge in [0.25, 0.3) is 5.91 Å². The van der Waals surface area contributed by atoms with E-state index < -0.39 is 0 Å². The Morgan fingerprint density at radius 1 is 1.18 bits per heavy atom. The van der Waals surface area contributed by atoms with Crippen molar-refractivity contribution in [1.29, 1.82) is 0 Å². The number of amides is 2. The molecule has 1 fully saturated rings. The highest BCUT2D eigenvalue weighted by atomic mass is 16.5. The van der Waals surface area contributed by atoms with Crippen molar-refractivity contribution in [1.82, 2.24) is 14.8 Å². The van der Waals surface area contributed by atoms with Gasteiger partial charge in [-0.05, 0) is 55.5 Å². The summed E-state index contributed by atoms with van der Waals surface area (Å²) in [4.78, 5) is 34.7. The van der Waals surface area contributed by atoms with Crippen LogP contribution in [0, 0.1) is 11.8 Å². The number of ether oxygens (including phenoxy) is 3. The number of hydrogen-bond acceptors (Lipinski definition) is 7. The zero-order chi connectivity index (χ0) is 27.1. The van der Waals surface area contributed by atoms with E-state index >= 15 is 0 Å².